The van der Waals surface area contributed by atoms with E-state index >= 15 is 0 Å². The predicted molar refractivity (Wildman–Crippen MR) is 32.7 cm³/mol. The Morgan fingerprint density at radius 2 is 1.90 bits per heavy atom. The summed E-state index contributed by atoms with van der Waals surface area (Å²) in [5.74, 6) is 0. The predicted octanol–water partition coefficient (Wildman–Crippen LogP) is 0.604. The summed E-state index contributed by atoms with van der Waals surface area (Å²) in [6, 6.07) is 5.06. The summed E-state index contributed by atoms with van der Waals surface area (Å²) in [6.45, 7) is 0. The van der Waals surface area contributed by atoms with Gasteiger partial charge in [-0.3, -0.25) is 0 Å². The van der Waals surface area contributed by atoms with E-state index in [1.165, 1.54) is 6.20 Å². The van der Waals surface area contributed by atoms with Crippen molar-refractivity contribution >= 4 is 12.6 Å². The third-order valence-electron chi connectivity index (χ3n) is 0.804. The Bertz CT molecular complexity index is 176. The quantitative estimate of drug-likeness (QED) is 0.314. The van der Waals surface area contributed by atoms with Crippen LogP contribution in [0.3, 0.4) is 0 Å². The smallest absolute Gasteiger partial charge is 0.248 e. The maximum Gasteiger partial charge on any atom is 0.248 e. The summed E-state index contributed by atoms with van der Waals surface area (Å²) in [5, 5.41) is 10.9. The summed E-state index contributed by atoms with van der Waals surface area (Å²) in [6.07, 6.45) is 1.41. The Hall–Kier alpha value is 0.547. The first kappa shape index (κ1) is 13.2. The van der Waals surface area contributed by atoms with Crippen LogP contribution in [0.15, 0.2) is 29.4 Å². The normalized spacial score (nSPS) is 7.30. The molecule has 5 heteroatoms. The summed E-state index contributed by atoms with van der Waals surface area (Å²) in [7, 11) is 0. The maximum atomic E-state index is 10.5. The third kappa shape index (κ3) is 3.65. The van der Waals surface area contributed by atoms with E-state index in [1.807, 2.05) is 0 Å². The van der Waals surface area contributed by atoms with Crippen molar-refractivity contribution in [3.8, 4) is 0 Å². The summed E-state index contributed by atoms with van der Waals surface area (Å²) in [5.41, 5.74) is 0. The van der Waals surface area contributed by atoms with Crippen LogP contribution in [0, 0.1) is 5.21 Å². The minimum Gasteiger partial charge on any atom is -0.618 e. The molecule has 0 aliphatic rings. The van der Waals surface area contributed by atoms with Crippen molar-refractivity contribution in [2.45, 2.75) is 5.03 Å². The van der Waals surface area contributed by atoms with Crippen molar-refractivity contribution in [3.63, 3.8) is 0 Å². The van der Waals surface area contributed by atoms with Crippen LogP contribution in [0.25, 0.3) is 0 Å². The number of thiol groups is 1. The molecular formula is C5H5NOSZn2. The first-order valence-electron chi connectivity index (χ1n) is 2.18. The fourth-order valence-corrected chi connectivity index (χ4v) is 0.572. The number of hydrogen-bond donors (Lipinski definition) is 1. The van der Waals surface area contributed by atoms with E-state index in [1.54, 1.807) is 18.2 Å². The second-order valence-corrected chi connectivity index (χ2v) is 1.84. The molecule has 0 aliphatic carbocycles. The van der Waals surface area contributed by atoms with Gasteiger partial charge in [-0.15, -0.1) is 0 Å². The molecule has 0 amide bonds. The van der Waals surface area contributed by atoms with E-state index in [4.69, 9.17) is 0 Å². The zero-order valence-corrected chi connectivity index (χ0v) is 12.4. The van der Waals surface area contributed by atoms with Crippen LogP contribution >= 0.6 is 12.6 Å². The Morgan fingerprint density at radius 3 is 2.20 bits per heavy atom. The first-order valence-corrected chi connectivity index (χ1v) is 2.62. The molecule has 0 atom stereocenters. The second-order valence-electron chi connectivity index (χ2n) is 1.38. The van der Waals surface area contributed by atoms with Gasteiger partial charge in [0.05, 0.1) is 0 Å². The van der Waals surface area contributed by atoms with Gasteiger partial charge in [-0.1, -0.05) is 12.6 Å². The third-order valence-corrected chi connectivity index (χ3v) is 1.15. The van der Waals surface area contributed by atoms with Crippen molar-refractivity contribution in [1.29, 1.82) is 0 Å². The largest absolute Gasteiger partial charge is 0.618 e. The van der Waals surface area contributed by atoms with E-state index in [9.17, 15) is 5.21 Å². The SMILES string of the molecule is [O-][n+]1ccccc1S.[Zn].[Zn]. The van der Waals surface area contributed by atoms with Gasteiger partial charge in [0.1, 0.15) is 0 Å². The number of pyridine rings is 1. The van der Waals surface area contributed by atoms with Crippen LogP contribution in [0.5, 0.6) is 0 Å². The Balaban J connectivity index is 0. The van der Waals surface area contributed by atoms with Crippen LogP contribution in [0.1, 0.15) is 0 Å². The maximum absolute atomic E-state index is 10.5. The van der Waals surface area contributed by atoms with Crippen LogP contribution < -0.4 is 4.73 Å². The zero-order valence-electron chi connectivity index (χ0n) is 5.53. The van der Waals surface area contributed by atoms with Crippen LogP contribution in [-0.2, 0) is 39.0 Å². The van der Waals surface area contributed by atoms with Crippen LogP contribution in [0.4, 0.5) is 0 Å². The molecule has 1 rings (SSSR count). The van der Waals surface area contributed by atoms with E-state index in [0.29, 0.717) is 9.76 Å². The topological polar surface area (TPSA) is 26.9 Å². The molecule has 1 heterocycles. The second kappa shape index (κ2) is 6.27. The standard InChI is InChI=1S/C5H5NOS.2Zn/c7-6-4-2-1-3-5(6)8;;/h1-4,8H;;. The van der Waals surface area contributed by atoms with Gasteiger partial charge in [0.25, 0.3) is 0 Å². The van der Waals surface area contributed by atoms with Gasteiger partial charge in [0, 0.05) is 51.1 Å². The molecule has 0 aromatic carbocycles. The van der Waals surface area contributed by atoms with Gasteiger partial charge in [-0.05, 0) is 6.07 Å². The van der Waals surface area contributed by atoms with Gasteiger partial charge in [-0.2, -0.15) is 4.73 Å². The number of rotatable bonds is 0. The fourth-order valence-electron chi connectivity index (χ4n) is 0.419. The van der Waals surface area contributed by atoms with E-state index in [0.717, 1.165) is 0 Å². The van der Waals surface area contributed by atoms with E-state index in [2.05, 4.69) is 12.6 Å². The molecule has 0 saturated carbocycles. The first-order chi connectivity index (χ1) is 3.80. The van der Waals surface area contributed by atoms with Crippen molar-refractivity contribution in [1.82, 2.24) is 0 Å². The summed E-state index contributed by atoms with van der Waals surface area (Å²) < 4.78 is 0.698. The summed E-state index contributed by atoms with van der Waals surface area (Å²) in [4.78, 5) is 0. The minimum atomic E-state index is 0. The van der Waals surface area contributed by atoms with Crippen molar-refractivity contribution in [3.05, 3.63) is 29.6 Å². The van der Waals surface area contributed by atoms with E-state index < -0.39 is 0 Å². The molecule has 2 nitrogen and oxygen atoms in total. The van der Waals surface area contributed by atoms with Crippen molar-refractivity contribution in [2.75, 3.05) is 0 Å². The van der Waals surface area contributed by atoms with Crippen LogP contribution in [0.2, 0.25) is 0 Å². The van der Waals surface area contributed by atoms with Gasteiger partial charge in [0.15, 0.2) is 6.20 Å². The Morgan fingerprint density at radius 1 is 1.30 bits per heavy atom. The monoisotopic (exact) mass is 255 g/mol. The number of hydrogen-bond acceptors (Lipinski definition) is 2. The molecule has 46 valence electrons. The number of aromatic nitrogens is 1. The Kier molecular flexibility index (Phi) is 8.25. The molecule has 0 fully saturated rings. The van der Waals surface area contributed by atoms with Gasteiger partial charge < -0.3 is 5.21 Å². The minimum absolute atomic E-state index is 0. The van der Waals surface area contributed by atoms with Crippen LogP contribution in [-0.4, -0.2) is 0 Å². The fraction of sp³-hybridized carbons (Fsp3) is 0. The number of nitrogens with zero attached hydrogens (tertiary/aromatic N) is 1. The molecule has 1 aromatic rings. The molecule has 0 N–H and O–H groups in total. The van der Waals surface area contributed by atoms with Crippen molar-refractivity contribution < 1.29 is 43.7 Å². The molecule has 0 unspecified atom stereocenters. The molecule has 0 bridgehead atoms. The van der Waals surface area contributed by atoms with Gasteiger partial charge in [-0.25, -0.2) is 0 Å². The molecule has 1 aromatic heterocycles. The van der Waals surface area contributed by atoms with Gasteiger partial charge in [0.2, 0.25) is 5.03 Å². The molecule has 0 saturated heterocycles. The zero-order chi connectivity index (χ0) is 5.98. The molecule has 0 spiro atoms. The Labute approximate surface area is 90.5 Å². The molecule has 0 aliphatic heterocycles. The van der Waals surface area contributed by atoms with Crippen molar-refractivity contribution in [2.24, 2.45) is 0 Å². The molecule has 0 radical (unpaired) electrons. The van der Waals surface area contributed by atoms with Gasteiger partial charge >= 0.3 is 0 Å². The molecule has 10 heavy (non-hydrogen) atoms. The average Bonchev–Trinajstić information content (AvgIpc) is 1.77. The summed E-state index contributed by atoms with van der Waals surface area (Å²) >= 11 is 3.85. The van der Waals surface area contributed by atoms with E-state index in [-0.39, 0.29) is 39.0 Å². The molecular weight excluding hydrogens is 253 g/mol. The average molecular weight is 258 g/mol.